The van der Waals surface area contributed by atoms with Crippen LogP contribution in [0.1, 0.15) is 5.56 Å². The number of fused-ring (bicyclic) bond motifs is 1. The Balaban J connectivity index is 1.48. The Labute approximate surface area is 144 Å². The Hall–Kier alpha value is -2.84. The van der Waals surface area contributed by atoms with Gasteiger partial charge in [0.05, 0.1) is 10.6 Å². The molecule has 0 saturated carbocycles. The molecule has 0 saturated heterocycles. The molecule has 2 aromatic carbocycles. The zero-order valence-electron chi connectivity index (χ0n) is 13.1. The number of hydrogen-bond acceptors (Lipinski definition) is 5. The Morgan fingerprint density at radius 1 is 1.08 bits per heavy atom. The number of hydrogen-bond donors (Lipinski definition) is 1. The molecule has 3 aromatic rings. The molecule has 1 aromatic heterocycles. The van der Waals surface area contributed by atoms with Crippen LogP contribution in [0.4, 0.5) is 0 Å². The highest BCUT2D eigenvalue weighted by molar-refractivity contribution is 7.89. The van der Waals surface area contributed by atoms with Crippen LogP contribution >= 0.6 is 0 Å². The molecule has 25 heavy (non-hydrogen) atoms. The van der Waals surface area contributed by atoms with Gasteiger partial charge in [-0.05, 0) is 48.0 Å². The predicted octanol–water partition coefficient (Wildman–Crippen LogP) is 2.08. The van der Waals surface area contributed by atoms with Crippen molar-refractivity contribution in [2.75, 3.05) is 6.79 Å². The lowest BCUT2D eigenvalue weighted by molar-refractivity contribution is 0.174. The van der Waals surface area contributed by atoms with E-state index in [4.69, 9.17) is 9.47 Å². The molecular weight excluding hydrogens is 342 g/mol. The minimum atomic E-state index is -3.61. The standard InChI is InChI=1S/C17H15N3O4S/c21-25(22,15-5-3-14(4-6-15)20-9-1-8-18-20)19-11-13-2-7-16-17(10-13)24-12-23-16/h1-10,19H,11-12H2. The molecule has 0 atom stereocenters. The van der Waals surface area contributed by atoms with Crippen molar-refractivity contribution in [1.82, 2.24) is 14.5 Å². The van der Waals surface area contributed by atoms with Crippen LogP contribution in [0.25, 0.3) is 5.69 Å². The lowest BCUT2D eigenvalue weighted by Crippen LogP contribution is -2.23. The maximum Gasteiger partial charge on any atom is 0.240 e. The zero-order chi connectivity index (χ0) is 17.3. The minimum absolute atomic E-state index is 0.167. The molecule has 1 aliphatic rings. The van der Waals surface area contributed by atoms with E-state index in [2.05, 4.69) is 9.82 Å². The second kappa shape index (κ2) is 6.23. The van der Waals surface area contributed by atoms with Gasteiger partial charge in [-0.3, -0.25) is 0 Å². The number of ether oxygens (including phenoxy) is 2. The van der Waals surface area contributed by atoms with Gasteiger partial charge in [0.2, 0.25) is 16.8 Å². The molecule has 8 heteroatoms. The third-order valence-electron chi connectivity index (χ3n) is 3.82. The molecular formula is C17H15N3O4S. The van der Waals surface area contributed by atoms with Crippen molar-refractivity contribution in [3.63, 3.8) is 0 Å². The number of sulfonamides is 1. The van der Waals surface area contributed by atoms with Crippen molar-refractivity contribution >= 4 is 10.0 Å². The number of benzene rings is 2. The Morgan fingerprint density at radius 3 is 2.64 bits per heavy atom. The summed E-state index contributed by atoms with van der Waals surface area (Å²) in [5.74, 6) is 1.29. The fraction of sp³-hybridized carbons (Fsp3) is 0.118. The molecule has 0 fully saturated rings. The van der Waals surface area contributed by atoms with Gasteiger partial charge in [0.15, 0.2) is 11.5 Å². The highest BCUT2D eigenvalue weighted by Crippen LogP contribution is 2.32. The molecule has 0 radical (unpaired) electrons. The van der Waals surface area contributed by atoms with Crippen LogP contribution in [0.2, 0.25) is 0 Å². The van der Waals surface area contributed by atoms with Crippen molar-refractivity contribution < 1.29 is 17.9 Å². The molecule has 0 bridgehead atoms. The summed E-state index contributed by atoms with van der Waals surface area (Å²) in [5.41, 5.74) is 1.58. The smallest absolute Gasteiger partial charge is 0.240 e. The van der Waals surface area contributed by atoms with Crippen LogP contribution in [0.3, 0.4) is 0 Å². The predicted molar refractivity (Wildman–Crippen MR) is 90.2 cm³/mol. The van der Waals surface area contributed by atoms with Gasteiger partial charge in [-0.2, -0.15) is 5.10 Å². The lowest BCUT2D eigenvalue weighted by atomic mass is 10.2. The van der Waals surface area contributed by atoms with Gasteiger partial charge in [0.25, 0.3) is 0 Å². The van der Waals surface area contributed by atoms with Gasteiger partial charge < -0.3 is 9.47 Å². The summed E-state index contributed by atoms with van der Waals surface area (Å²) in [7, 11) is -3.61. The fourth-order valence-corrected chi connectivity index (χ4v) is 3.53. The number of nitrogens with zero attached hydrogens (tertiary/aromatic N) is 2. The van der Waals surface area contributed by atoms with E-state index in [1.807, 2.05) is 0 Å². The molecule has 0 unspecified atom stereocenters. The van der Waals surface area contributed by atoms with Gasteiger partial charge in [-0.15, -0.1) is 0 Å². The van der Waals surface area contributed by atoms with E-state index in [9.17, 15) is 8.42 Å². The van der Waals surface area contributed by atoms with E-state index in [1.165, 1.54) is 0 Å². The number of nitrogens with one attached hydrogen (secondary N) is 1. The van der Waals surface area contributed by atoms with Crippen LogP contribution < -0.4 is 14.2 Å². The average molecular weight is 357 g/mol. The molecule has 1 N–H and O–H groups in total. The molecule has 0 aliphatic carbocycles. The Kier molecular flexibility index (Phi) is 3.90. The first-order valence-corrected chi connectivity index (χ1v) is 9.08. The summed E-state index contributed by atoms with van der Waals surface area (Å²) >= 11 is 0. The average Bonchev–Trinajstić information content (AvgIpc) is 3.31. The topological polar surface area (TPSA) is 82.5 Å². The SMILES string of the molecule is O=S(=O)(NCc1ccc2c(c1)OCO2)c1ccc(-n2cccn2)cc1. The first kappa shape index (κ1) is 15.7. The minimum Gasteiger partial charge on any atom is -0.454 e. The summed E-state index contributed by atoms with van der Waals surface area (Å²) in [5, 5.41) is 4.11. The van der Waals surface area contributed by atoms with Crippen molar-refractivity contribution in [3.8, 4) is 17.2 Å². The van der Waals surface area contributed by atoms with Gasteiger partial charge in [-0.1, -0.05) is 6.07 Å². The van der Waals surface area contributed by atoms with E-state index in [1.54, 1.807) is 65.6 Å². The second-order valence-electron chi connectivity index (χ2n) is 5.46. The number of rotatable bonds is 5. The highest BCUT2D eigenvalue weighted by atomic mass is 32.2. The second-order valence-corrected chi connectivity index (χ2v) is 7.22. The highest BCUT2D eigenvalue weighted by Gasteiger charge is 2.16. The zero-order valence-corrected chi connectivity index (χ0v) is 13.9. The summed E-state index contributed by atoms with van der Waals surface area (Å²) in [6.07, 6.45) is 3.46. The quantitative estimate of drug-likeness (QED) is 0.756. The van der Waals surface area contributed by atoms with Crippen LogP contribution in [0.15, 0.2) is 65.8 Å². The molecule has 2 heterocycles. The molecule has 128 valence electrons. The largest absolute Gasteiger partial charge is 0.454 e. The van der Waals surface area contributed by atoms with Gasteiger partial charge in [-0.25, -0.2) is 17.8 Å². The molecule has 1 aliphatic heterocycles. The van der Waals surface area contributed by atoms with E-state index in [-0.39, 0.29) is 18.2 Å². The third kappa shape index (κ3) is 3.21. The Morgan fingerprint density at radius 2 is 1.88 bits per heavy atom. The maximum absolute atomic E-state index is 12.4. The third-order valence-corrected chi connectivity index (χ3v) is 5.24. The van der Waals surface area contributed by atoms with E-state index in [0.29, 0.717) is 11.5 Å². The normalized spacial score (nSPS) is 13.1. The summed E-state index contributed by atoms with van der Waals surface area (Å²) in [6, 6.07) is 13.7. The van der Waals surface area contributed by atoms with Gasteiger partial charge in [0, 0.05) is 18.9 Å². The van der Waals surface area contributed by atoms with E-state index in [0.717, 1.165) is 11.3 Å². The molecule has 0 spiro atoms. The summed E-state index contributed by atoms with van der Waals surface area (Å²) in [6.45, 7) is 0.354. The Bertz CT molecular complexity index is 983. The molecule has 4 rings (SSSR count). The lowest BCUT2D eigenvalue weighted by Gasteiger charge is -2.08. The fourth-order valence-electron chi connectivity index (χ4n) is 2.51. The maximum atomic E-state index is 12.4. The van der Waals surface area contributed by atoms with Crippen molar-refractivity contribution in [1.29, 1.82) is 0 Å². The van der Waals surface area contributed by atoms with Crippen LogP contribution in [0.5, 0.6) is 11.5 Å². The monoisotopic (exact) mass is 357 g/mol. The van der Waals surface area contributed by atoms with Gasteiger partial charge in [0.1, 0.15) is 0 Å². The van der Waals surface area contributed by atoms with Crippen molar-refractivity contribution in [3.05, 3.63) is 66.5 Å². The van der Waals surface area contributed by atoms with Crippen LogP contribution in [-0.2, 0) is 16.6 Å². The first-order chi connectivity index (χ1) is 12.1. The first-order valence-electron chi connectivity index (χ1n) is 7.60. The van der Waals surface area contributed by atoms with Crippen molar-refractivity contribution in [2.24, 2.45) is 0 Å². The van der Waals surface area contributed by atoms with E-state index < -0.39 is 10.0 Å². The number of aromatic nitrogens is 2. The van der Waals surface area contributed by atoms with Gasteiger partial charge >= 0.3 is 0 Å². The van der Waals surface area contributed by atoms with Crippen LogP contribution in [-0.4, -0.2) is 25.0 Å². The van der Waals surface area contributed by atoms with E-state index >= 15 is 0 Å². The van der Waals surface area contributed by atoms with Crippen LogP contribution in [0, 0.1) is 0 Å². The summed E-state index contributed by atoms with van der Waals surface area (Å²) in [4.78, 5) is 0.198. The van der Waals surface area contributed by atoms with Crippen molar-refractivity contribution in [2.45, 2.75) is 11.4 Å². The molecule has 7 nitrogen and oxygen atoms in total. The summed E-state index contributed by atoms with van der Waals surface area (Å²) < 4.78 is 39.7. The molecule has 0 amide bonds.